The zero-order valence-corrected chi connectivity index (χ0v) is 11.4. The summed E-state index contributed by atoms with van der Waals surface area (Å²) in [5.41, 5.74) is 1.39. The smallest absolute Gasteiger partial charge is 0.119 e. The van der Waals surface area contributed by atoms with Gasteiger partial charge in [0.15, 0.2) is 0 Å². The maximum absolute atomic E-state index is 8.58. The fraction of sp³-hybridized carbons (Fsp3) is 0.500. The van der Waals surface area contributed by atoms with Crippen LogP contribution in [0.1, 0.15) is 24.8 Å². The molecule has 0 unspecified atom stereocenters. The summed E-state index contributed by atoms with van der Waals surface area (Å²) >= 11 is 3.57. The number of halogens is 1. The average molecular weight is 294 g/mol. The van der Waals surface area contributed by atoms with Gasteiger partial charge in [-0.2, -0.15) is 5.26 Å². The van der Waals surface area contributed by atoms with Crippen molar-refractivity contribution < 1.29 is 4.74 Å². The van der Waals surface area contributed by atoms with E-state index in [0.717, 1.165) is 23.2 Å². The summed E-state index contributed by atoms with van der Waals surface area (Å²) in [4.78, 5) is 0. The fourth-order valence-corrected chi connectivity index (χ4v) is 2.75. The largest absolute Gasteiger partial charge is 0.493 e. The van der Waals surface area contributed by atoms with Crippen LogP contribution in [-0.4, -0.2) is 11.9 Å². The minimum Gasteiger partial charge on any atom is -0.493 e. The number of nitriles is 1. The highest BCUT2D eigenvalue weighted by molar-refractivity contribution is 9.09. The predicted molar refractivity (Wildman–Crippen MR) is 71.3 cm³/mol. The normalized spacial score (nSPS) is 16.9. The Kier molecular flexibility index (Phi) is 4.06. The van der Waals surface area contributed by atoms with E-state index in [2.05, 4.69) is 22.0 Å². The van der Waals surface area contributed by atoms with Crippen LogP contribution in [0, 0.1) is 16.7 Å². The van der Waals surface area contributed by atoms with E-state index < -0.39 is 0 Å². The number of nitrogens with zero attached hydrogens (tertiary/aromatic N) is 1. The van der Waals surface area contributed by atoms with E-state index in [9.17, 15) is 0 Å². The van der Waals surface area contributed by atoms with Gasteiger partial charge in [0.2, 0.25) is 0 Å². The van der Waals surface area contributed by atoms with Gasteiger partial charge >= 0.3 is 0 Å². The molecule has 0 radical (unpaired) electrons. The Balaban J connectivity index is 1.89. The summed E-state index contributed by atoms with van der Waals surface area (Å²) in [6, 6.07) is 9.96. The van der Waals surface area contributed by atoms with Crippen molar-refractivity contribution in [2.75, 3.05) is 11.9 Å². The van der Waals surface area contributed by atoms with Crippen LogP contribution in [0.25, 0.3) is 0 Å². The third-order valence-electron chi connectivity index (χ3n) is 3.45. The van der Waals surface area contributed by atoms with E-state index in [1.54, 1.807) is 0 Å². The van der Waals surface area contributed by atoms with E-state index in [1.165, 1.54) is 19.3 Å². The van der Waals surface area contributed by atoms with Crippen molar-refractivity contribution in [2.45, 2.75) is 25.7 Å². The lowest BCUT2D eigenvalue weighted by Gasteiger charge is -2.39. The lowest BCUT2D eigenvalue weighted by molar-refractivity contribution is 0.0838. The molecule has 2 nitrogen and oxygen atoms in total. The Morgan fingerprint density at radius 1 is 1.29 bits per heavy atom. The monoisotopic (exact) mass is 293 g/mol. The quantitative estimate of drug-likeness (QED) is 0.776. The number of benzene rings is 1. The first-order valence-electron chi connectivity index (χ1n) is 5.93. The molecule has 90 valence electrons. The molecule has 1 fully saturated rings. The van der Waals surface area contributed by atoms with Crippen LogP contribution in [0.4, 0.5) is 0 Å². The lowest BCUT2D eigenvalue weighted by atomic mass is 9.71. The Morgan fingerprint density at radius 3 is 2.47 bits per heavy atom. The third-order valence-corrected chi connectivity index (χ3v) is 4.64. The summed E-state index contributed by atoms with van der Waals surface area (Å²) < 4.78 is 5.82. The first kappa shape index (κ1) is 12.4. The molecule has 0 heterocycles. The van der Waals surface area contributed by atoms with E-state index >= 15 is 0 Å². The van der Waals surface area contributed by atoms with E-state index in [0.29, 0.717) is 11.8 Å². The predicted octanol–water partition coefficient (Wildman–Crippen LogP) is 3.70. The van der Waals surface area contributed by atoms with Crippen molar-refractivity contribution in [1.29, 1.82) is 5.26 Å². The molecule has 0 bridgehead atoms. The van der Waals surface area contributed by atoms with Crippen molar-refractivity contribution in [2.24, 2.45) is 5.41 Å². The van der Waals surface area contributed by atoms with Crippen LogP contribution in [0.3, 0.4) is 0 Å². The molecule has 1 aliphatic rings. The van der Waals surface area contributed by atoms with Crippen molar-refractivity contribution in [1.82, 2.24) is 0 Å². The second-order valence-corrected chi connectivity index (χ2v) is 5.32. The van der Waals surface area contributed by atoms with Crippen molar-refractivity contribution in [3.8, 4) is 11.8 Å². The number of rotatable bonds is 5. The summed E-state index contributed by atoms with van der Waals surface area (Å²) in [5, 5.41) is 9.60. The molecule has 0 spiro atoms. The molecule has 2 rings (SSSR count). The molecule has 0 saturated heterocycles. The molecule has 1 aromatic carbocycles. The number of hydrogen-bond acceptors (Lipinski definition) is 2. The SMILES string of the molecule is N#CCc1ccc(OCC2(CBr)CCC2)cc1. The molecule has 0 amide bonds. The molecular weight excluding hydrogens is 278 g/mol. The van der Waals surface area contributed by atoms with Gasteiger partial charge in [-0.1, -0.05) is 34.5 Å². The number of ether oxygens (including phenoxy) is 1. The van der Waals surface area contributed by atoms with E-state index in [4.69, 9.17) is 10.00 Å². The lowest BCUT2D eigenvalue weighted by Crippen LogP contribution is -2.37. The van der Waals surface area contributed by atoms with Gasteiger partial charge in [-0.05, 0) is 30.5 Å². The van der Waals surface area contributed by atoms with Gasteiger partial charge in [-0.15, -0.1) is 0 Å². The van der Waals surface area contributed by atoms with Crippen LogP contribution < -0.4 is 4.74 Å². The maximum atomic E-state index is 8.58. The van der Waals surface area contributed by atoms with Crippen molar-refractivity contribution in [3.05, 3.63) is 29.8 Å². The Labute approximate surface area is 111 Å². The average Bonchev–Trinajstić information content (AvgIpc) is 2.31. The third kappa shape index (κ3) is 3.01. The molecule has 0 atom stereocenters. The first-order valence-corrected chi connectivity index (χ1v) is 7.05. The summed E-state index contributed by atoms with van der Waals surface area (Å²) in [6.07, 6.45) is 4.29. The van der Waals surface area contributed by atoms with Crippen LogP contribution in [0.5, 0.6) is 5.75 Å². The highest BCUT2D eigenvalue weighted by Crippen LogP contribution is 2.42. The van der Waals surface area contributed by atoms with Gasteiger partial charge in [0.1, 0.15) is 5.75 Å². The topological polar surface area (TPSA) is 33.0 Å². The fourth-order valence-electron chi connectivity index (χ4n) is 2.02. The molecule has 1 aliphatic carbocycles. The van der Waals surface area contributed by atoms with Gasteiger partial charge in [-0.25, -0.2) is 0 Å². The Bertz CT molecular complexity index is 398. The zero-order valence-electron chi connectivity index (χ0n) is 9.79. The van der Waals surface area contributed by atoms with E-state index in [-0.39, 0.29) is 0 Å². The standard InChI is InChI=1S/C14H16BrNO/c15-10-14(7-1-8-14)11-17-13-4-2-12(3-5-13)6-9-16/h2-5H,1,6-8,10-11H2. The summed E-state index contributed by atoms with van der Waals surface area (Å²) in [6.45, 7) is 0.788. The Morgan fingerprint density at radius 2 is 2.00 bits per heavy atom. The first-order chi connectivity index (χ1) is 8.28. The van der Waals surface area contributed by atoms with Gasteiger partial charge in [0.25, 0.3) is 0 Å². The zero-order chi connectivity index (χ0) is 12.1. The van der Waals surface area contributed by atoms with Gasteiger partial charge in [0.05, 0.1) is 19.1 Å². The number of hydrogen-bond donors (Lipinski definition) is 0. The van der Waals surface area contributed by atoms with Gasteiger partial charge in [-0.3, -0.25) is 0 Å². The van der Waals surface area contributed by atoms with Crippen LogP contribution in [0.15, 0.2) is 24.3 Å². The van der Waals surface area contributed by atoms with Gasteiger partial charge < -0.3 is 4.74 Å². The second-order valence-electron chi connectivity index (χ2n) is 4.75. The molecule has 1 aromatic rings. The molecule has 3 heteroatoms. The highest BCUT2D eigenvalue weighted by Gasteiger charge is 2.36. The minimum atomic E-state index is 0.353. The van der Waals surface area contributed by atoms with Crippen LogP contribution in [-0.2, 0) is 6.42 Å². The van der Waals surface area contributed by atoms with Crippen LogP contribution in [0.2, 0.25) is 0 Å². The Hall–Kier alpha value is -1.01. The maximum Gasteiger partial charge on any atom is 0.119 e. The van der Waals surface area contributed by atoms with Gasteiger partial charge in [0, 0.05) is 10.7 Å². The summed E-state index contributed by atoms with van der Waals surface area (Å²) in [5.74, 6) is 0.902. The van der Waals surface area contributed by atoms with Crippen LogP contribution >= 0.6 is 15.9 Å². The molecular formula is C14H16BrNO. The summed E-state index contributed by atoms with van der Waals surface area (Å²) in [7, 11) is 0. The van der Waals surface area contributed by atoms with Crippen molar-refractivity contribution >= 4 is 15.9 Å². The number of alkyl halides is 1. The second kappa shape index (κ2) is 5.55. The highest BCUT2D eigenvalue weighted by atomic mass is 79.9. The molecule has 17 heavy (non-hydrogen) atoms. The molecule has 0 N–H and O–H groups in total. The van der Waals surface area contributed by atoms with Crippen molar-refractivity contribution in [3.63, 3.8) is 0 Å². The molecule has 1 saturated carbocycles. The van der Waals surface area contributed by atoms with E-state index in [1.807, 2.05) is 24.3 Å². The molecule has 0 aromatic heterocycles. The minimum absolute atomic E-state index is 0.353. The molecule has 0 aliphatic heterocycles.